The van der Waals surface area contributed by atoms with E-state index in [1.807, 2.05) is 91.9 Å². The van der Waals surface area contributed by atoms with E-state index >= 15 is 0 Å². The van der Waals surface area contributed by atoms with E-state index < -0.39 is 5.97 Å². The lowest BCUT2D eigenvalue weighted by molar-refractivity contribution is -0.147. The molecule has 4 nitrogen and oxygen atoms in total. The summed E-state index contributed by atoms with van der Waals surface area (Å²) in [5.41, 5.74) is 4.23. The Morgan fingerprint density at radius 1 is 0.828 bits per heavy atom. The summed E-state index contributed by atoms with van der Waals surface area (Å²) < 4.78 is 5.11. The van der Waals surface area contributed by atoms with Gasteiger partial charge in [0.05, 0.1) is 6.42 Å². The van der Waals surface area contributed by atoms with Crippen molar-refractivity contribution >= 4 is 11.9 Å². The van der Waals surface area contributed by atoms with Crippen molar-refractivity contribution in [3.8, 4) is 11.1 Å². The van der Waals surface area contributed by atoms with Gasteiger partial charge in [0.15, 0.2) is 6.61 Å². The average molecular weight is 387 g/mol. The molecule has 0 aliphatic rings. The molecule has 3 rings (SSSR count). The van der Waals surface area contributed by atoms with Crippen LogP contribution in [0.25, 0.3) is 11.1 Å². The number of hydrogen-bond acceptors (Lipinski definition) is 3. The topological polar surface area (TPSA) is 55.4 Å². The van der Waals surface area contributed by atoms with Crippen LogP contribution in [0.3, 0.4) is 0 Å². The Morgan fingerprint density at radius 2 is 1.41 bits per heavy atom. The van der Waals surface area contributed by atoms with Gasteiger partial charge in [-0.25, -0.2) is 0 Å². The van der Waals surface area contributed by atoms with Crippen LogP contribution in [0, 0.1) is 0 Å². The Labute approximate surface area is 171 Å². The molecule has 4 heteroatoms. The molecule has 29 heavy (non-hydrogen) atoms. The Hall–Kier alpha value is -3.40. The maximum Gasteiger partial charge on any atom is 0.310 e. The van der Waals surface area contributed by atoms with Crippen LogP contribution < -0.4 is 5.32 Å². The summed E-state index contributed by atoms with van der Waals surface area (Å²) in [4.78, 5) is 24.0. The molecule has 0 aromatic heterocycles. The summed E-state index contributed by atoms with van der Waals surface area (Å²) in [5, 5.41) is 2.81. The first-order valence-corrected chi connectivity index (χ1v) is 9.73. The predicted octanol–water partition coefficient (Wildman–Crippen LogP) is 4.36. The number of rotatable bonds is 8. The van der Waals surface area contributed by atoms with Crippen LogP contribution in [0.5, 0.6) is 0 Å². The van der Waals surface area contributed by atoms with Gasteiger partial charge in [0, 0.05) is 6.54 Å². The molecular weight excluding hydrogens is 362 g/mol. The first kappa shape index (κ1) is 20.3. The van der Waals surface area contributed by atoms with Gasteiger partial charge in [-0.3, -0.25) is 9.59 Å². The second kappa shape index (κ2) is 10.2. The lowest BCUT2D eigenvalue weighted by Crippen LogP contribution is -2.31. The Kier molecular flexibility index (Phi) is 7.17. The maximum atomic E-state index is 12.0. The van der Waals surface area contributed by atoms with Gasteiger partial charge in [-0.15, -0.1) is 0 Å². The lowest BCUT2D eigenvalue weighted by Gasteiger charge is -2.13. The van der Waals surface area contributed by atoms with E-state index in [9.17, 15) is 9.59 Å². The third-order valence-electron chi connectivity index (χ3n) is 4.75. The summed E-state index contributed by atoms with van der Waals surface area (Å²) in [6.45, 7) is 2.28. The van der Waals surface area contributed by atoms with Crippen LogP contribution in [0.1, 0.15) is 24.0 Å². The molecule has 0 aliphatic heterocycles. The highest BCUT2D eigenvalue weighted by molar-refractivity contribution is 5.81. The molecule has 0 unspecified atom stereocenters. The molecule has 0 aliphatic carbocycles. The van der Waals surface area contributed by atoms with Crippen molar-refractivity contribution in [1.29, 1.82) is 0 Å². The van der Waals surface area contributed by atoms with Crippen molar-refractivity contribution in [2.75, 3.05) is 13.2 Å². The summed E-state index contributed by atoms with van der Waals surface area (Å²) >= 11 is 0. The van der Waals surface area contributed by atoms with Crippen LogP contribution in [0.4, 0.5) is 0 Å². The standard InChI is InChI=1S/C25H25NO3/c1-19(21-8-4-2-5-9-21)17-26-24(27)18-29-25(28)16-20-12-14-23(15-13-20)22-10-6-3-7-11-22/h2-15,19H,16-18H2,1H3,(H,26,27)/t19-/m1/s1. The van der Waals surface area contributed by atoms with E-state index in [-0.39, 0.29) is 24.9 Å². The largest absolute Gasteiger partial charge is 0.455 e. The van der Waals surface area contributed by atoms with Gasteiger partial charge in [0.1, 0.15) is 0 Å². The second-order valence-electron chi connectivity index (χ2n) is 7.02. The molecule has 1 N–H and O–H groups in total. The normalized spacial score (nSPS) is 11.5. The zero-order chi connectivity index (χ0) is 20.5. The molecule has 0 fully saturated rings. The summed E-state index contributed by atoms with van der Waals surface area (Å²) in [5.74, 6) is -0.511. The zero-order valence-electron chi connectivity index (χ0n) is 16.5. The van der Waals surface area contributed by atoms with Crippen molar-refractivity contribution in [3.05, 3.63) is 96.1 Å². The van der Waals surface area contributed by atoms with Crippen molar-refractivity contribution in [2.45, 2.75) is 19.3 Å². The minimum atomic E-state index is -0.413. The highest BCUT2D eigenvalue weighted by Crippen LogP contribution is 2.19. The van der Waals surface area contributed by atoms with Crippen molar-refractivity contribution in [2.24, 2.45) is 0 Å². The minimum absolute atomic E-state index is 0.142. The van der Waals surface area contributed by atoms with Crippen molar-refractivity contribution in [1.82, 2.24) is 5.32 Å². The van der Waals surface area contributed by atoms with Gasteiger partial charge < -0.3 is 10.1 Å². The molecular formula is C25H25NO3. The molecule has 0 radical (unpaired) electrons. The van der Waals surface area contributed by atoms with Gasteiger partial charge in [-0.05, 0) is 28.2 Å². The van der Waals surface area contributed by atoms with Crippen LogP contribution in [-0.2, 0) is 20.7 Å². The van der Waals surface area contributed by atoms with Gasteiger partial charge in [0.25, 0.3) is 5.91 Å². The van der Waals surface area contributed by atoms with Gasteiger partial charge in [-0.2, -0.15) is 0 Å². The molecule has 1 atom stereocenters. The molecule has 0 saturated heterocycles. The third kappa shape index (κ3) is 6.32. The highest BCUT2D eigenvalue weighted by Gasteiger charge is 2.11. The van der Waals surface area contributed by atoms with Gasteiger partial charge >= 0.3 is 5.97 Å². The van der Waals surface area contributed by atoms with E-state index in [0.29, 0.717) is 6.54 Å². The summed E-state index contributed by atoms with van der Waals surface area (Å²) in [7, 11) is 0. The molecule has 0 spiro atoms. The smallest absolute Gasteiger partial charge is 0.310 e. The number of ether oxygens (including phenoxy) is 1. The number of carbonyl (C=O) groups excluding carboxylic acids is 2. The molecule has 0 heterocycles. The highest BCUT2D eigenvalue weighted by atomic mass is 16.5. The molecule has 0 bridgehead atoms. The van der Waals surface area contributed by atoms with Crippen LogP contribution in [0.15, 0.2) is 84.9 Å². The molecule has 1 amide bonds. The summed E-state index contributed by atoms with van der Waals surface area (Å²) in [6, 6.07) is 27.8. The second-order valence-corrected chi connectivity index (χ2v) is 7.02. The monoisotopic (exact) mass is 387 g/mol. The molecule has 0 saturated carbocycles. The number of carbonyl (C=O) groups is 2. The maximum absolute atomic E-state index is 12.0. The minimum Gasteiger partial charge on any atom is -0.455 e. The first-order chi connectivity index (χ1) is 14.1. The van der Waals surface area contributed by atoms with Crippen LogP contribution in [0.2, 0.25) is 0 Å². The van der Waals surface area contributed by atoms with E-state index in [4.69, 9.17) is 4.74 Å². The summed E-state index contributed by atoms with van der Waals surface area (Å²) in [6.07, 6.45) is 0.142. The number of amides is 1. The SMILES string of the molecule is C[C@H](CNC(=O)COC(=O)Cc1ccc(-c2ccccc2)cc1)c1ccccc1. The van der Waals surface area contributed by atoms with Crippen LogP contribution >= 0.6 is 0 Å². The average Bonchev–Trinajstić information content (AvgIpc) is 2.78. The van der Waals surface area contributed by atoms with Gasteiger partial charge in [-0.1, -0.05) is 91.9 Å². The number of benzene rings is 3. The fraction of sp³-hybridized carbons (Fsp3) is 0.200. The van der Waals surface area contributed by atoms with E-state index in [1.165, 1.54) is 0 Å². The number of esters is 1. The van der Waals surface area contributed by atoms with Crippen molar-refractivity contribution < 1.29 is 14.3 Å². The predicted molar refractivity (Wildman–Crippen MR) is 114 cm³/mol. The quantitative estimate of drug-likeness (QED) is 0.584. The Balaban J connectivity index is 1.41. The van der Waals surface area contributed by atoms with Crippen LogP contribution in [-0.4, -0.2) is 25.0 Å². The molecule has 3 aromatic rings. The number of hydrogen-bond donors (Lipinski definition) is 1. The molecule has 3 aromatic carbocycles. The van der Waals surface area contributed by atoms with Gasteiger partial charge in [0.2, 0.25) is 0 Å². The fourth-order valence-electron chi connectivity index (χ4n) is 3.03. The van der Waals surface area contributed by atoms with E-state index in [1.54, 1.807) is 0 Å². The third-order valence-corrected chi connectivity index (χ3v) is 4.75. The van der Waals surface area contributed by atoms with Crippen molar-refractivity contribution in [3.63, 3.8) is 0 Å². The Bertz CT molecular complexity index is 921. The number of nitrogens with one attached hydrogen (secondary N) is 1. The molecule has 148 valence electrons. The zero-order valence-corrected chi connectivity index (χ0v) is 16.5. The lowest BCUT2D eigenvalue weighted by atomic mass is 10.0. The van der Waals surface area contributed by atoms with E-state index in [2.05, 4.69) is 5.32 Å². The fourth-order valence-corrected chi connectivity index (χ4v) is 3.03. The first-order valence-electron chi connectivity index (χ1n) is 9.73. The van der Waals surface area contributed by atoms with E-state index in [0.717, 1.165) is 22.3 Å². The Morgan fingerprint density at radius 3 is 2.07 bits per heavy atom.